The molecule has 1 N–H and O–H groups in total. The van der Waals surface area contributed by atoms with Crippen molar-refractivity contribution in [2.24, 2.45) is 0 Å². The maximum atomic E-state index is 12.0. The van der Waals surface area contributed by atoms with Gasteiger partial charge in [0.15, 0.2) is 0 Å². The lowest BCUT2D eigenvalue weighted by molar-refractivity contribution is -0.120. The van der Waals surface area contributed by atoms with Gasteiger partial charge in [-0.15, -0.1) is 11.8 Å². The number of hydrogen-bond acceptors (Lipinski definition) is 3. The summed E-state index contributed by atoms with van der Waals surface area (Å²) in [5.41, 5.74) is 0. The highest BCUT2D eigenvalue weighted by Gasteiger charge is 2.13. The van der Waals surface area contributed by atoms with Crippen molar-refractivity contribution in [2.45, 2.75) is 17.1 Å². The monoisotopic (exact) mass is 335 g/mol. The lowest BCUT2D eigenvalue weighted by Gasteiger charge is -2.12. The van der Waals surface area contributed by atoms with Gasteiger partial charge >= 0.3 is 0 Å². The van der Waals surface area contributed by atoms with Crippen LogP contribution in [0.5, 0.6) is 5.75 Å². The number of rotatable bonds is 7. The fourth-order valence-corrected chi connectivity index (χ4v) is 2.81. The first-order valence-corrected chi connectivity index (χ1v) is 8.28. The molecule has 0 aliphatic rings. The second-order valence-electron chi connectivity index (χ2n) is 4.67. The van der Waals surface area contributed by atoms with Crippen molar-refractivity contribution in [1.82, 2.24) is 5.32 Å². The highest BCUT2D eigenvalue weighted by molar-refractivity contribution is 8.00. The number of nitrogens with one attached hydrogen (secondary N) is 1. The summed E-state index contributed by atoms with van der Waals surface area (Å²) < 4.78 is 5.53. The van der Waals surface area contributed by atoms with Crippen LogP contribution in [0.1, 0.15) is 6.92 Å². The van der Waals surface area contributed by atoms with Crippen LogP contribution >= 0.6 is 23.4 Å². The van der Waals surface area contributed by atoms with E-state index in [-0.39, 0.29) is 11.2 Å². The van der Waals surface area contributed by atoms with Crippen molar-refractivity contribution in [3.05, 3.63) is 59.6 Å². The second-order valence-corrected chi connectivity index (χ2v) is 6.52. The van der Waals surface area contributed by atoms with E-state index in [1.165, 1.54) is 0 Å². The molecule has 0 fully saturated rings. The lowest BCUT2D eigenvalue weighted by Crippen LogP contribution is -2.33. The van der Waals surface area contributed by atoms with Gasteiger partial charge in [-0.25, -0.2) is 0 Å². The molecule has 0 saturated carbocycles. The smallest absolute Gasteiger partial charge is 0.233 e. The number of carbonyl (C=O) groups is 1. The Morgan fingerprint density at radius 3 is 2.55 bits per heavy atom. The van der Waals surface area contributed by atoms with Gasteiger partial charge in [0.1, 0.15) is 12.4 Å². The van der Waals surface area contributed by atoms with Gasteiger partial charge in [-0.1, -0.05) is 29.8 Å². The molecule has 116 valence electrons. The maximum Gasteiger partial charge on any atom is 0.233 e. The molecule has 0 unspecified atom stereocenters. The number of hydrogen-bond donors (Lipinski definition) is 1. The van der Waals surface area contributed by atoms with E-state index in [1.54, 1.807) is 36.0 Å². The van der Waals surface area contributed by atoms with Crippen LogP contribution in [0.25, 0.3) is 0 Å². The van der Waals surface area contributed by atoms with E-state index in [4.69, 9.17) is 16.3 Å². The maximum absolute atomic E-state index is 12.0. The lowest BCUT2D eigenvalue weighted by atomic mass is 10.3. The summed E-state index contributed by atoms with van der Waals surface area (Å²) in [6.07, 6.45) is 0. The Balaban J connectivity index is 1.67. The Morgan fingerprint density at radius 2 is 1.86 bits per heavy atom. The van der Waals surface area contributed by atoms with E-state index in [9.17, 15) is 4.79 Å². The van der Waals surface area contributed by atoms with Gasteiger partial charge in [-0.3, -0.25) is 4.79 Å². The van der Waals surface area contributed by atoms with Gasteiger partial charge in [0.2, 0.25) is 5.91 Å². The summed E-state index contributed by atoms with van der Waals surface area (Å²) in [6.45, 7) is 2.80. The predicted octanol–water partition coefficient (Wildman–Crippen LogP) is 4.02. The Hall–Kier alpha value is -1.65. The average Bonchev–Trinajstić information content (AvgIpc) is 2.54. The molecule has 0 aromatic heterocycles. The molecular formula is C17H18ClNO2S. The summed E-state index contributed by atoms with van der Waals surface area (Å²) in [5.74, 6) is 0.749. The molecule has 1 atom stereocenters. The minimum absolute atomic E-state index is 0.00793. The molecule has 0 bridgehead atoms. The molecule has 0 saturated heterocycles. The van der Waals surface area contributed by atoms with E-state index >= 15 is 0 Å². The third-order valence-electron chi connectivity index (χ3n) is 2.91. The first-order valence-electron chi connectivity index (χ1n) is 7.03. The van der Waals surface area contributed by atoms with Crippen molar-refractivity contribution in [3.8, 4) is 5.75 Å². The van der Waals surface area contributed by atoms with Gasteiger partial charge in [0.05, 0.1) is 11.8 Å². The number of thioether (sulfide) groups is 1. The minimum atomic E-state index is -0.141. The standard InChI is InChI=1S/C17H18ClNO2S/c1-13(22-16-5-3-2-4-6-16)17(20)19-11-12-21-15-9-7-14(18)8-10-15/h2-10,13H,11-12H2,1H3,(H,19,20)/t13-/m1/s1. The summed E-state index contributed by atoms with van der Waals surface area (Å²) in [5, 5.41) is 3.41. The first kappa shape index (κ1) is 16.7. The quantitative estimate of drug-likeness (QED) is 0.613. The van der Waals surface area contributed by atoms with Crippen LogP contribution in [-0.2, 0) is 4.79 Å². The SMILES string of the molecule is C[C@@H](Sc1ccccc1)C(=O)NCCOc1ccc(Cl)cc1. The van der Waals surface area contributed by atoms with Gasteiger partial charge in [-0.2, -0.15) is 0 Å². The van der Waals surface area contributed by atoms with Crippen LogP contribution in [0.3, 0.4) is 0 Å². The Labute approximate surface area is 140 Å². The fraction of sp³-hybridized carbons (Fsp3) is 0.235. The zero-order valence-electron chi connectivity index (χ0n) is 12.3. The summed E-state index contributed by atoms with van der Waals surface area (Å²) in [6, 6.07) is 17.0. The first-order chi connectivity index (χ1) is 10.6. The van der Waals surface area contributed by atoms with Crippen LogP contribution in [0.2, 0.25) is 5.02 Å². The van der Waals surface area contributed by atoms with Gasteiger partial charge < -0.3 is 10.1 Å². The third-order valence-corrected chi connectivity index (χ3v) is 4.27. The molecule has 2 rings (SSSR count). The fourth-order valence-electron chi connectivity index (χ4n) is 1.77. The van der Waals surface area contributed by atoms with Crippen LogP contribution in [0.15, 0.2) is 59.5 Å². The molecule has 22 heavy (non-hydrogen) atoms. The summed E-state index contributed by atoms with van der Waals surface area (Å²) >= 11 is 7.34. The Morgan fingerprint density at radius 1 is 1.18 bits per heavy atom. The number of ether oxygens (including phenoxy) is 1. The normalized spacial score (nSPS) is 11.7. The summed E-state index contributed by atoms with van der Waals surface area (Å²) in [4.78, 5) is 13.1. The molecule has 0 radical (unpaired) electrons. The Bertz CT molecular complexity index is 589. The van der Waals surface area contributed by atoms with Crippen LogP contribution in [0, 0.1) is 0 Å². The molecule has 2 aromatic rings. The number of amides is 1. The molecule has 0 aliphatic heterocycles. The van der Waals surface area contributed by atoms with Crippen molar-refractivity contribution in [2.75, 3.05) is 13.2 Å². The largest absolute Gasteiger partial charge is 0.492 e. The molecule has 0 spiro atoms. The van der Waals surface area contributed by atoms with Gasteiger partial charge in [-0.05, 0) is 43.3 Å². The van der Waals surface area contributed by atoms with E-state index in [1.807, 2.05) is 37.3 Å². The molecule has 2 aromatic carbocycles. The molecule has 0 aliphatic carbocycles. The minimum Gasteiger partial charge on any atom is -0.492 e. The van der Waals surface area contributed by atoms with Crippen molar-refractivity contribution < 1.29 is 9.53 Å². The van der Waals surface area contributed by atoms with E-state index in [0.717, 1.165) is 10.6 Å². The molecule has 1 amide bonds. The van der Waals surface area contributed by atoms with E-state index in [0.29, 0.717) is 18.2 Å². The average molecular weight is 336 g/mol. The predicted molar refractivity (Wildman–Crippen MR) is 91.7 cm³/mol. The molecular weight excluding hydrogens is 318 g/mol. The van der Waals surface area contributed by atoms with Gasteiger partial charge in [0.25, 0.3) is 0 Å². The molecule has 3 nitrogen and oxygen atoms in total. The van der Waals surface area contributed by atoms with Crippen molar-refractivity contribution >= 4 is 29.3 Å². The Kier molecular flexibility index (Phi) is 6.62. The molecule has 0 heterocycles. The van der Waals surface area contributed by atoms with Crippen LogP contribution < -0.4 is 10.1 Å². The number of carbonyl (C=O) groups excluding carboxylic acids is 1. The van der Waals surface area contributed by atoms with Crippen molar-refractivity contribution in [3.63, 3.8) is 0 Å². The third kappa shape index (κ3) is 5.62. The van der Waals surface area contributed by atoms with E-state index in [2.05, 4.69) is 5.32 Å². The highest BCUT2D eigenvalue weighted by atomic mass is 35.5. The number of halogens is 1. The highest BCUT2D eigenvalue weighted by Crippen LogP contribution is 2.22. The zero-order chi connectivity index (χ0) is 15.8. The van der Waals surface area contributed by atoms with Gasteiger partial charge in [0, 0.05) is 9.92 Å². The number of benzene rings is 2. The van der Waals surface area contributed by atoms with Crippen molar-refractivity contribution in [1.29, 1.82) is 0 Å². The second kappa shape index (κ2) is 8.71. The molecule has 5 heteroatoms. The van der Waals surface area contributed by atoms with Crippen LogP contribution in [0.4, 0.5) is 0 Å². The van der Waals surface area contributed by atoms with E-state index < -0.39 is 0 Å². The topological polar surface area (TPSA) is 38.3 Å². The van der Waals surface area contributed by atoms with Crippen LogP contribution in [-0.4, -0.2) is 24.3 Å². The zero-order valence-corrected chi connectivity index (χ0v) is 13.9. The summed E-state index contributed by atoms with van der Waals surface area (Å²) in [7, 11) is 0.